The number of rotatable bonds is 2. The molecular weight excluding hydrogens is 198 g/mol. The van der Waals surface area contributed by atoms with Crippen LogP contribution in [0.1, 0.15) is 23.0 Å². The highest BCUT2D eigenvalue weighted by molar-refractivity contribution is 5.95. The van der Waals surface area contributed by atoms with Gasteiger partial charge in [0.1, 0.15) is 0 Å². The first kappa shape index (κ1) is 10.6. The number of carbonyl (C=O) groups excluding carboxylic acids is 1. The van der Waals surface area contributed by atoms with Crippen LogP contribution in [0.25, 0.3) is 11.1 Å². The number of aryl methyl sites for hydroxylation is 1. The molecule has 2 heteroatoms. The zero-order chi connectivity index (χ0) is 11.5. The zero-order valence-electron chi connectivity index (χ0n) is 9.40. The molecule has 0 radical (unpaired) electrons. The second-order valence-corrected chi connectivity index (χ2v) is 3.82. The minimum atomic E-state index is 0.0904. The maximum absolute atomic E-state index is 11.3. The van der Waals surface area contributed by atoms with Gasteiger partial charge in [0.25, 0.3) is 0 Å². The van der Waals surface area contributed by atoms with E-state index in [9.17, 15) is 4.79 Å². The molecule has 0 saturated heterocycles. The van der Waals surface area contributed by atoms with Crippen LogP contribution in [0.5, 0.6) is 0 Å². The van der Waals surface area contributed by atoms with Gasteiger partial charge in [-0.3, -0.25) is 9.78 Å². The molecule has 0 aliphatic heterocycles. The molecule has 0 spiro atoms. The Morgan fingerprint density at radius 3 is 2.56 bits per heavy atom. The summed E-state index contributed by atoms with van der Waals surface area (Å²) in [6.45, 7) is 3.54. The lowest BCUT2D eigenvalue weighted by molar-refractivity contribution is 0.101. The summed E-state index contributed by atoms with van der Waals surface area (Å²) < 4.78 is 0. The molecule has 1 aromatic heterocycles. The van der Waals surface area contributed by atoms with Crippen molar-refractivity contribution in [3.63, 3.8) is 0 Å². The number of carbonyl (C=O) groups is 1. The Bertz CT molecular complexity index is 532. The highest BCUT2D eigenvalue weighted by Crippen LogP contribution is 2.20. The summed E-state index contributed by atoms with van der Waals surface area (Å²) in [5.41, 5.74) is 3.87. The second kappa shape index (κ2) is 4.27. The van der Waals surface area contributed by atoms with Crippen LogP contribution in [-0.2, 0) is 0 Å². The Morgan fingerprint density at radius 2 is 1.88 bits per heavy atom. The van der Waals surface area contributed by atoms with Crippen molar-refractivity contribution in [1.82, 2.24) is 4.98 Å². The lowest BCUT2D eigenvalue weighted by Crippen LogP contribution is -1.92. The van der Waals surface area contributed by atoms with Crippen molar-refractivity contribution < 1.29 is 4.79 Å². The average Bonchev–Trinajstić information content (AvgIpc) is 2.29. The van der Waals surface area contributed by atoms with E-state index in [2.05, 4.69) is 4.98 Å². The molecule has 0 aliphatic rings. The molecular formula is C14H13NO. The number of aromatic nitrogens is 1. The smallest absolute Gasteiger partial charge is 0.159 e. The SMILES string of the molecule is CC(=O)c1cccc(-c2ccnc(C)c2)c1. The number of pyridine rings is 1. The maximum atomic E-state index is 11.3. The first-order valence-electron chi connectivity index (χ1n) is 5.21. The molecule has 16 heavy (non-hydrogen) atoms. The van der Waals surface area contributed by atoms with E-state index in [1.807, 2.05) is 43.3 Å². The monoisotopic (exact) mass is 211 g/mol. The fourth-order valence-corrected chi connectivity index (χ4v) is 1.64. The van der Waals surface area contributed by atoms with Crippen LogP contribution in [0.4, 0.5) is 0 Å². The molecule has 0 fully saturated rings. The van der Waals surface area contributed by atoms with Gasteiger partial charge < -0.3 is 0 Å². The first-order chi connectivity index (χ1) is 7.66. The van der Waals surface area contributed by atoms with E-state index in [1.165, 1.54) is 0 Å². The van der Waals surface area contributed by atoms with E-state index in [1.54, 1.807) is 13.1 Å². The van der Waals surface area contributed by atoms with Crippen LogP contribution < -0.4 is 0 Å². The van der Waals surface area contributed by atoms with Gasteiger partial charge in [0, 0.05) is 17.5 Å². The minimum Gasteiger partial charge on any atom is -0.295 e. The van der Waals surface area contributed by atoms with Crippen molar-refractivity contribution in [2.75, 3.05) is 0 Å². The fraction of sp³-hybridized carbons (Fsp3) is 0.143. The van der Waals surface area contributed by atoms with Gasteiger partial charge in [-0.05, 0) is 43.2 Å². The molecule has 1 heterocycles. The number of benzene rings is 1. The van der Waals surface area contributed by atoms with Crippen LogP contribution >= 0.6 is 0 Å². The van der Waals surface area contributed by atoms with Crippen LogP contribution in [-0.4, -0.2) is 10.8 Å². The molecule has 80 valence electrons. The molecule has 0 bridgehead atoms. The Hall–Kier alpha value is -1.96. The van der Waals surface area contributed by atoms with Gasteiger partial charge in [0.05, 0.1) is 0 Å². The summed E-state index contributed by atoms with van der Waals surface area (Å²) in [6, 6.07) is 11.6. The van der Waals surface area contributed by atoms with Crippen LogP contribution in [0.15, 0.2) is 42.6 Å². The van der Waals surface area contributed by atoms with E-state index in [0.29, 0.717) is 0 Å². The summed E-state index contributed by atoms with van der Waals surface area (Å²) in [7, 11) is 0. The highest BCUT2D eigenvalue weighted by atomic mass is 16.1. The van der Waals surface area contributed by atoms with Crippen LogP contribution in [0.3, 0.4) is 0 Å². The van der Waals surface area contributed by atoms with Gasteiger partial charge in [0.15, 0.2) is 5.78 Å². The standard InChI is InChI=1S/C14H13NO/c1-10-8-14(6-7-15-10)13-5-3-4-12(9-13)11(2)16/h3-9H,1-2H3. The summed E-state index contributed by atoms with van der Waals surface area (Å²) in [4.78, 5) is 15.4. The molecule has 0 aliphatic carbocycles. The lowest BCUT2D eigenvalue weighted by Gasteiger charge is -2.04. The van der Waals surface area contributed by atoms with Gasteiger partial charge in [-0.2, -0.15) is 0 Å². The number of Topliss-reactive ketones (excluding diaryl/α,β-unsaturated/α-hetero) is 1. The van der Waals surface area contributed by atoms with Gasteiger partial charge in [-0.15, -0.1) is 0 Å². The van der Waals surface area contributed by atoms with Crippen molar-refractivity contribution in [3.05, 3.63) is 53.9 Å². The summed E-state index contributed by atoms with van der Waals surface area (Å²) in [6.07, 6.45) is 1.78. The van der Waals surface area contributed by atoms with E-state index in [-0.39, 0.29) is 5.78 Å². The summed E-state index contributed by atoms with van der Waals surface area (Å²) in [5.74, 6) is 0.0904. The lowest BCUT2D eigenvalue weighted by atomic mass is 10.0. The van der Waals surface area contributed by atoms with E-state index in [4.69, 9.17) is 0 Å². The average molecular weight is 211 g/mol. The predicted molar refractivity (Wildman–Crippen MR) is 64.4 cm³/mol. The fourth-order valence-electron chi connectivity index (χ4n) is 1.64. The van der Waals surface area contributed by atoms with Crippen molar-refractivity contribution in [2.45, 2.75) is 13.8 Å². The van der Waals surface area contributed by atoms with Gasteiger partial charge in [-0.1, -0.05) is 18.2 Å². The minimum absolute atomic E-state index is 0.0904. The predicted octanol–water partition coefficient (Wildman–Crippen LogP) is 3.26. The van der Waals surface area contributed by atoms with Crippen molar-refractivity contribution in [3.8, 4) is 11.1 Å². The highest BCUT2D eigenvalue weighted by Gasteiger charge is 2.02. The third-order valence-corrected chi connectivity index (χ3v) is 2.50. The quantitative estimate of drug-likeness (QED) is 0.714. The normalized spacial score (nSPS) is 10.1. The van der Waals surface area contributed by atoms with Gasteiger partial charge >= 0.3 is 0 Å². The number of hydrogen-bond donors (Lipinski definition) is 0. The summed E-state index contributed by atoms with van der Waals surface area (Å²) >= 11 is 0. The molecule has 0 N–H and O–H groups in total. The van der Waals surface area contributed by atoms with Crippen LogP contribution in [0.2, 0.25) is 0 Å². The Balaban J connectivity index is 2.48. The van der Waals surface area contributed by atoms with Gasteiger partial charge in [-0.25, -0.2) is 0 Å². The first-order valence-corrected chi connectivity index (χ1v) is 5.21. The third kappa shape index (κ3) is 2.16. The van der Waals surface area contributed by atoms with Crippen molar-refractivity contribution in [1.29, 1.82) is 0 Å². The number of ketones is 1. The number of nitrogens with zero attached hydrogens (tertiary/aromatic N) is 1. The second-order valence-electron chi connectivity index (χ2n) is 3.82. The Morgan fingerprint density at radius 1 is 1.12 bits per heavy atom. The topological polar surface area (TPSA) is 30.0 Å². The van der Waals surface area contributed by atoms with Crippen molar-refractivity contribution >= 4 is 5.78 Å². The van der Waals surface area contributed by atoms with E-state index < -0.39 is 0 Å². The maximum Gasteiger partial charge on any atom is 0.159 e. The van der Waals surface area contributed by atoms with E-state index in [0.717, 1.165) is 22.4 Å². The molecule has 0 amide bonds. The Kier molecular flexibility index (Phi) is 2.82. The Labute approximate surface area is 95.0 Å². The van der Waals surface area contributed by atoms with E-state index >= 15 is 0 Å². The third-order valence-electron chi connectivity index (χ3n) is 2.50. The largest absolute Gasteiger partial charge is 0.295 e. The molecule has 0 saturated carbocycles. The zero-order valence-corrected chi connectivity index (χ0v) is 9.40. The van der Waals surface area contributed by atoms with Crippen molar-refractivity contribution in [2.24, 2.45) is 0 Å². The molecule has 2 aromatic rings. The molecule has 2 nitrogen and oxygen atoms in total. The van der Waals surface area contributed by atoms with Crippen LogP contribution in [0, 0.1) is 6.92 Å². The summed E-state index contributed by atoms with van der Waals surface area (Å²) in [5, 5.41) is 0. The molecule has 1 aromatic carbocycles. The molecule has 0 atom stereocenters. The van der Waals surface area contributed by atoms with Gasteiger partial charge in [0.2, 0.25) is 0 Å². The molecule has 2 rings (SSSR count). The molecule has 0 unspecified atom stereocenters. The number of hydrogen-bond acceptors (Lipinski definition) is 2.